The van der Waals surface area contributed by atoms with Crippen LogP contribution in [0.1, 0.15) is 5.56 Å². The fourth-order valence-electron chi connectivity index (χ4n) is 1.31. The second kappa shape index (κ2) is 3.88. The maximum atomic E-state index is 4.08. The van der Waals surface area contributed by atoms with E-state index in [-0.39, 0.29) is 0 Å². The summed E-state index contributed by atoms with van der Waals surface area (Å²) in [5, 5.41) is 0. The monoisotopic (exact) mass is 180 g/mol. The minimum atomic E-state index is 1.08. The van der Waals surface area contributed by atoms with Crippen LogP contribution < -0.4 is 0 Å². The molecule has 0 bridgehead atoms. The van der Waals surface area contributed by atoms with Gasteiger partial charge in [-0.2, -0.15) is 0 Å². The molecule has 0 fully saturated rings. The predicted octanol–water partition coefficient (Wildman–Crippen LogP) is 3.19. The molecule has 0 aliphatic rings. The molecule has 1 heterocycles. The van der Waals surface area contributed by atoms with E-state index < -0.39 is 0 Å². The molecule has 0 spiro atoms. The van der Waals surface area contributed by atoms with E-state index in [0.717, 1.165) is 16.7 Å². The van der Waals surface area contributed by atoms with Gasteiger partial charge in [-0.15, -0.1) is 0 Å². The van der Waals surface area contributed by atoms with E-state index in [4.69, 9.17) is 0 Å². The summed E-state index contributed by atoms with van der Waals surface area (Å²) in [6.07, 6.45) is 5.43. The number of rotatable bonds is 2. The van der Waals surface area contributed by atoms with Crippen LogP contribution in [-0.2, 0) is 0 Å². The van der Waals surface area contributed by atoms with Gasteiger partial charge in [0.2, 0.25) is 0 Å². The summed E-state index contributed by atoms with van der Waals surface area (Å²) in [4.78, 5) is 4.08. The molecular weight excluding hydrogens is 170 g/mol. The zero-order chi connectivity index (χ0) is 9.80. The zero-order valence-corrected chi connectivity index (χ0v) is 7.77. The van der Waals surface area contributed by atoms with E-state index in [2.05, 4.69) is 23.7 Å². The smallest absolute Gasteiger partial charge is 0.0346 e. The third-order valence-electron chi connectivity index (χ3n) is 2.04. The van der Waals surface area contributed by atoms with E-state index in [1.54, 1.807) is 6.20 Å². The van der Waals surface area contributed by atoms with Crippen molar-refractivity contribution in [3.8, 4) is 11.1 Å². The Hall–Kier alpha value is -1.89. The van der Waals surface area contributed by atoms with Crippen molar-refractivity contribution < 1.29 is 0 Å². The van der Waals surface area contributed by atoms with Gasteiger partial charge < -0.3 is 0 Å². The lowest BCUT2D eigenvalue weighted by atomic mass is 10.1. The van der Waals surface area contributed by atoms with Crippen molar-refractivity contribution in [2.75, 3.05) is 0 Å². The SMILES string of the molecule is C=Cc1c[c]cc(-c2cccnc2)c1. The third kappa shape index (κ3) is 1.72. The highest BCUT2D eigenvalue weighted by molar-refractivity contribution is 5.65. The standard InChI is InChI=1S/C13H10N/c1-2-11-5-3-6-12(9-11)13-7-4-8-14-10-13/h2,4-10H,1H2. The van der Waals surface area contributed by atoms with Crippen LogP contribution >= 0.6 is 0 Å². The number of benzene rings is 1. The number of hydrogen-bond donors (Lipinski definition) is 0. The lowest BCUT2D eigenvalue weighted by Gasteiger charge is -2.01. The molecule has 0 aliphatic heterocycles. The van der Waals surface area contributed by atoms with Crippen LogP contribution in [0.25, 0.3) is 17.2 Å². The first kappa shape index (κ1) is 8.70. The average molecular weight is 180 g/mol. The van der Waals surface area contributed by atoms with Gasteiger partial charge in [0.1, 0.15) is 0 Å². The molecule has 0 unspecified atom stereocenters. The first-order chi connectivity index (χ1) is 6.90. The largest absolute Gasteiger partial charge is 0.264 e. The summed E-state index contributed by atoms with van der Waals surface area (Å²) < 4.78 is 0. The van der Waals surface area contributed by atoms with Crippen LogP contribution in [0.15, 0.2) is 49.3 Å². The molecule has 1 aromatic heterocycles. The maximum absolute atomic E-state index is 4.08. The van der Waals surface area contributed by atoms with Crippen LogP contribution in [0, 0.1) is 6.07 Å². The maximum Gasteiger partial charge on any atom is 0.0346 e. The summed E-state index contributed by atoms with van der Waals surface area (Å²) in [5.41, 5.74) is 3.30. The zero-order valence-electron chi connectivity index (χ0n) is 7.77. The van der Waals surface area contributed by atoms with E-state index in [0.29, 0.717) is 0 Å². The summed E-state index contributed by atoms with van der Waals surface area (Å²) in [6, 6.07) is 13.0. The Kier molecular flexibility index (Phi) is 2.41. The number of hydrogen-bond acceptors (Lipinski definition) is 1. The molecule has 0 atom stereocenters. The lowest BCUT2D eigenvalue weighted by molar-refractivity contribution is 1.33. The Bertz CT molecular complexity index is 432. The quantitative estimate of drug-likeness (QED) is 0.691. The van der Waals surface area contributed by atoms with Crippen molar-refractivity contribution in [3.63, 3.8) is 0 Å². The van der Waals surface area contributed by atoms with Crippen molar-refractivity contribution in [3.05, 3.63) is 60.9 Å². The normalized spacial score (nSPS) is 9.71. The molecule has 1 heteroatoms. The van der Waals surface area contributed by atoms with Gasteiger partial charge in [-0.1, -0.05) is 18.7 Å². The summed E-state index contributed by atoms with van der Waals surface area (Å²) in [7, 11) is 0. The summed E-state index contributed by atoms with van der Waals surface area (Å²) >= 11 is 0. The second-order valence-electron chi connectivity index (χ2n) is 3.00. The molecule has 14 heavy (non-hydrogen) atoms. The second-order valence-corrected chi connectivity index (χ2v) is 3.00. The molecule has 1 aromatic carbocycles. The number of nitrogens with zero attached hydrogens (tertiary/aromatic N) is 1. The van der Waals surface area contributed by atoms with E-state index in [1.807, 2.05) is 36.5 Å². The van der Waals surface area contributed by atoms with Gasteiger partial charge in [-0.25, -0.2) is 0 Å². The molecule has 1 radical (unpaired) electrons. The Labute approximate surface area is 83.7 Å². The van der Waals surface area contributed by atoms with Crippen molar-refractivity contribution in [1.29, 1.82) is 0 Å². The molecule has 0 saturated carbocycles. The summed E-state index contributed by atoms with van der Waals surface area (Å²) in [6.45, 7) is 3.73. The molecule has 0 aliphatic carbocycles. The van der Waals surface area contributed by atoms with E-state index in [9.17, 15) is 0 Å². The lowest BCUT2D eigenvalue weighted by Crippen LogP contribution is -1.80. The molecule has 2 aromatic rings. The fourth-order valence-corrected chi connectivity index (χ4v) is 1.31. The molecule has 2 rings (SSSR count). The Morgan fingerprint density at radius 1 is 1.29 bits per heavy atom. The molecule has 0 amide bonds. The van der Waals surface area contributed by atoms with Gasteiger partial charge in [-0.05, 0) is 41.5 Å². The molecule has 1 nitrogen and oxygen atoms in total. The van der Waals surface area contributed by atoms with Gasteiger partial charge >= 0.3 is 0 Å². The minimum absolute atomic E-state index is 1.08. The third-order valence-corrected chi connectivity index (χ3v) is 2.04. The first-order valence-electron chi connectivity index (χ1n) is 4.44. The van der Waals surface area contributed by atoms with Crippen molar-refractivity contribution >= 4 is 6.08 Å². The highest BCUT2D eigenvalue weighted by Gasteiger charge is 1.96. The van der Waals surface area contributed by atoms with E-state index >= 15 is 0 Å². The van der Waals surface area contributed by atoms with Gasteiger partial charge in [0, 0.05) is 18.0 Å². The van der Waals surface area contributed by atoms with E-state index in [1.165, 1.54) is 0 Å². The number of aromatic nitrogens is 1. The van der Waals surface area contributed by atoms with Gasteiger partial charge in [-0.3, -0.25) is 4.98 Å². The Balaban J connectivity index is 2.47. The molecule has 0 N–H and O–H groups in total. The van der Waals surface area contributed by atoms with Gasteiger partial charge in [0.05, 0.1) is 0 Å². The molecule has 67 valence electrons. The van der Waals surface area contributed by atoms with Crippen LogP contribution in [-0.4, -0.2) is 4.98 Å². The predicted molar refractivity (Wildman–Crippen MR) is 58.6 cm³/mol. The van der Waals surface area contributed by atoms with Gasteiger partial charge in [0.15, 0.2) is 0 Å². The van der Waals surface area contributed by atoms with Crippen LogP contribution in [0.2, 0.25) is 0 Å². The Morgan fingerprint density at radius 3 is 2.93 bits per heavy atom. The number of pyridine rings is 1. The minimum Gasteiger partial charge on any atom is -0.264 e. The summed E-state index contributed by atoms with van der Waals surface area (Å²) in [5.74, 6) is 0. The first-order valence-corrected chi connectivity index (χ1v) is 4.44. The van der Waals surface area contributed by atoms with Crippen LogP contribution in [0.5, 0.6) is 0 Å². The van der Waals surface area contributed by atoms with Crippen LogP contribution in [0.4, 0.5) is 0 Å². The average Bonchev–Trinajstić information content (AvgIpc) is 2.30. The Morgan fingerprint density at radius 2 is 2.21 bits per heavy atom. The molecule has 0 saturated heterocycles. The van der Waals surface area contributed by atoms with Crippen molar-refractivity contribution in [2.24, 2.45) is 0 Å². The molecular formula is C13H10N. The fraction of sp³-hybridized carbons (Fsp3) is 0. The van der Waals surface area contributed by atoms with Gasteiger partial charge in [0.25, 0.3) is 0 Å². The van der Waals surface area contributed by atoms with Crippen molar-refractivity contribution in [1.82, 2.24) is 4.98 Å². The topological polar surface area (TPSA) is 12.9 Å². The highest BCUT2D eigenvalue weighted by Crippen LogP contribution is 2.18. The van der Waals surface area contributed by atoms with Crippen molar-refractivity contribution in [2.45, 2.75) is 0 Å². The highest BCUT2D eigenvalue weighted by atomic mass is 14.6. The van der Waals surface area contributed by atoms with Crippen LogP contribution in [0.3, 0.4) is 0 Å².